The van der Waals surface area contributed by atoms with Gasteiger partial charge in [0.15, 0.2) is 11.5 Å². The van der Waals surface area contributed by atoms with Gasteiger partial charge in [0.2, 0.25) is 11.6 Å². The van der Waals surface area contributed by atoms with Crippen LogP contribution in [0, 0.1) is 35.3 Å². The van der Waals surface area contributed by atoms with Gasteiger partial charge in [0.25, 0.3) is 0 Å². The number of ether oxygens (including phenoxy) is 2. The van der Waals surface area contributed by atoms with E-state index in [0.717, 1.165) is 30.6 Å². The molecule has 0 aromatic heterocycles. The van der Waals surface area contributed by atoms with Crippen molar-refractivity contribution in [3.05, 3.63) is 23.8 Å². The molecule has 2 aliphatic carbocycles. The number of hydrogen-bond acceptors (Lipinski definition) is 2. The van der Waals surface area contributed by atoms with Gasteiger partial charge in [-0.3, -0.25) is 0 Å². The molecule has 3 rings (SSSR count). The van der Waals surface area contributed by atoms with E-state index in [1.165, 1.54) is 77.0 Å². The van der Waals surface area contributed by atoms with E-state index in [4.69, 9.17) is 9.47 Å². The zero-order valence-corrected chi connectivity index (χ0v) is 17.5. The summed E-state index contributed by atoms with van der Waals surface area (Å²) in [5, 5.41) is 0. The Hall–Kier alpha value is -1.32. The van der Waals surface area contributed by atoms with Crippen LogP contribution >= 0.6 is 0 Å². The molecule has 0 saturated heterocycles. The lowest BCUT2D eigenvalue weighted by atomic mass is 9.69. The molecule has 0 aliphatic heterocycles. The van der Waals surface area contributed by atoms with Crippen LogP contribution in [0.5, 0.6) is 11.5 Å². The SMILES string of the molecule is CCCC[C@H]1CC[C@H]([C@H]2CC[C@H](COc3ccc(OC)c(F)c3F)CC2)CC1. The van der Waals surface area contributed by atoms with Gasteiger partial charge in [-0.1, -0.05) is 39.0 Å². The molecule has 4 heteroatoms. The summed E-state index contributed by atoms with van der Waals surface area (Å²) in [5.41, 5.74) is 0. The van der Waals surface area contributed by atoms with Crippen LogP contribution in [0.15, 0.2) is 12.1 Å². The van der Waals surface area contributed by atoms with Gasteiger partial charge in [0.1, 0.15) is 0 Å². The highest BCUT2D eigenvalue weighted by Crippen LogP contribution is 2.42. The third-order valence-electron chi connectivity index (χ3n) is 7.12. The summed E-state index contributed by atoms with van der Waals surface area (Å²) in [6, 6.07) is 2.88. The molecule has 0 atom stereocenters. The van der Waals surface area contributed by atoms with Crippen LogP contribution in [-0.4, -0.2) is 13.7 Å². The topological polar surface area (TPSA) is 18.5 Å². The lowest BCUT2D eigenvalue weighted by Gasteiger charge is -2.38. The van der Waals surface area contributed by atoms with Gasteiger partial charge in [-0.15, -0.1) is 0 Å². The molecule has 0 N–H and O–H groups in total. The maximum atomic E-state index is 14.0. The maximum Gasteiger partial charge on any atom is 0.204 e. The molecule has 28 heavy (non-hydrogen) atoms. The molecule has 0 heterocycles. The Labute approximate surface area is 169 Å². The maximum absolute atomic E-state index is 14.0. The molecule has 0 amide bonds. The van der Waals surface area contributed by atoms with E-state index in [-0.39, 0.29) is 11.5 Å². The van der Waals surface area contributed by atoms with E-state index >= 15 is 0 Å². The van der Waals surface area contributed by atoms with Gasteiger partial charge in [-0.25, -0.2) is 0 Å². The van der Waals surface area contributed by atoms with E-state index in [2.05, 4.69) is 6.92 Å². The van der Waals surface area contributed by atoms with Crippen LogP contribution in [0.2, 0.25) is 0 Å². The predicted octanol–water partition coefficient (Wildman–Crippen LogP) is 7.16. The minimum absolute atomic E-state index is 0.00850. The van der Waals surface area contributed by atoms with Gasteiger partial charge < -0.3 is 9.47 Å². The number of rotatable bonds is 8. The molecule has 1 aromatic rings. The zero-order chi connectivity index (χ0) is 19.9. The monoisotopic (exact) mass is 394 g/mol. The Bertz CT molecular complexity index is 603. The number of methoxy groups -OCH3 is 1. The molecular formula is C24H36F2O2. The highest BCUT2D eigenvalue weighted by molar-refractivity contribution is 5.34. The Morgan fingerprint density at radius 2 is 1.36 bits per heavy atom. The normalized spacial score (nSPS) is 28.1. The lowest BCUT2D eigenvalue weighted by Crippen LogP contribution is -2.27. The van der Waals surface area contributed by atoms with Gasteiger partial charge in [0.05, 0.1) is 13.7 Å². The van der Waals surface area contributed by atoms with Crippen molar-refractivity contribution >= 4 is 0 Å². The van der Waals surface area contributed by atoms with Crippen molar-refractivity contribution in [2.75, 3.05) is 13.7 Å². The summed E-state index contributed by atoms with van der Waals surface area (Å²) in [4.78, 5) is 0. The highest BCUT2D eigenvalue weighted by atomic mass is 19.2. The smallest absolute Gasteiger partial charge is 0.204 e. The fourth-order valence-electron chi connectivity index (χ4n) is 5.26. The molecule has 2 fully saturated rings. The number of hydrogen-bond donors (Lipinski definition) is 0. The van der Waals surface area contributed by atoms with Gasteiger partial charge >= 0.3 is 0 Å². The molecule has 0 unspecified atom stereocenters. The summed E-state index contributed by atoms with van der Waals surface area (Å²) in [6.07, 6.45) is 14.6. The van der Waals surface area contributed by atoms with Crippen LogP contribution in [0.3, 0.4) is 0 Å². The molecule has 1 aromatic carbocycles. The molecule has 0 radical (unpaired) electrons. The van der Waals surface area contributed by atoms with Crippen molar-refractivity contribution < 1.29 is 18.3 Å². The second-order valence-electron chi connectivity index (χ2n) is 8.91. The van der Waals surface area contributed by atoms with E-state index < -0.39 is 11.6 Å². The van der Waals surface area contributed by atoms with Crippen LogP contribution in [0.25, 0.3) is 0 Å². The first-order valence-electron chi connectivity index (χ1n) is 11.3. The fourth-order valence-corrected chi connectivity index (χ4v) is 5.26. The van der Waals surface area contributed by atoms with E-state index in [1.807, 2.05) is 0 Å². The Morgan fingerprint density at radius 3 is 1.93 bits per heavy atom. The van der Waals surface area contributed by atoms with E-state index in [9.17, 15) is 8.78 Å². The predicted molar refractivity (Wildman–Crippen MR) is 109 cm³/mol. The van der Waals surface area contributed by atoms with Crippen molar-refractivity contribution in [3.63, 3.8) is 0 Å². The van der Waals surface area contributed by atoms with Crippen molar-refractivity contribution in [1.29, 1.82) is 0 Å². The first kappa shape index (κ1) is 21.4. The number of unbranched alkanes of at least 4 members (excludes halogenated alkanes) is 1. The van der Waals surface area contributed by atoms with Crippen molar-refractivity contribution in [2.24, 2.45) is 23.7 Å². The largest absolute Gasteiger partial charge is 0.494 e. The highest BCUT2D eigenvalue weighted by Gasteiger charge is 2.31. The van der Waals surface area contributed by atoms with Gasteiger partial charge in [-0.05, 0) is 74.3 Å². The summed E-state index contributed by atoms with van der Waals surface area (Å²) in [7, 11) is 1.33. The molecule has 2 aliphatic rings. The molecule has 2 saturated carbocycles. The molecular weight excluding hydrogens is 358 g/mol. The Morgan fingerprint density at radius 1 is 0.821 bits per heavy atom. The molecule has 0 bridgehead atoms. The Kier molecular flexibility index (Phi) is 7.99. The second kappa shape index (κ2) is 10.5. The average Bonchev–Trinajstić information content (AvgIpc) is 2.74. The number of benzene rings is 1. The standard InChI is InChI=1S/C24H36F2O2/c1-3-4-5-17-6-10-19(11-7-17)20-12-8-18(9-13-20)16-28-22-15-14-21(27-2)23(25)24(22)26/h14-15,17-20H,3-13,16H2,1-2H3/t17-,18-,19-,20-. The molecule has 158 valence electrons. The summed E-state index contributed by atoms with van der Waals surface area (Å²) >= 11 is 0. The van der Waals surface area contributed by atoms with Crippen LogP contribution in [-0.2, 0) is 0 Å². The summed E-state index contributed by atoms with van der Waals surface area (Å²) in [6.45, 7) is 2.76. The lowest BCUT2D eigenvalue weighted by molar-refractivity contribution is 0.120. The number of halogens is 2. The average molecular weight is 395 g/mol. The van der Waals surface area contributed by atoms with Crippen molar-refractivity contribution in [3.8, 4) is 11.5 Å². The summed E-state index contributed by atoms with van der Waals surface area (Å²) < 4.78 is 38.3. The first-order valence-corrected chi connectivity index (χ1v) is 11.3. The van der Waals surface area contributed by atoms with Crippen LogP contribution in [0.1, 0.15) is 77.6 Å². The van der Waals surface area contributed by atoms with E-state index in [0.29, 0.717) is 12.5 Å². The molecule has 2 nitrogen and oxygen atoms in total. The minimum atomic E-state index is -0.974. The van der Waals surface area contributed by atoms with E-state index in [1.54, 1.807) is 0 Å². The van der Waals surface area contributed by atoms with Crippen molar-refractivity contribution in [2.45, 2.75) is 77.6 Å². The van der Waals surface area contributed by atoms with Crippen LogP contribution < -0.4 is 9.47 Å². The minimum Gasteiger partial charge on any atom is -0.494 e. The van der Waals surface area contributed by atoms with Crippen LogP contribution in [0.4, 0.5) is 8.78 Å². The van der Waals surface area contributed by atoms with Crippen molar-refractivity contribution in [1.82, 2.24) is 0 Å². The summed E-state index contributed by atoms with van der Waals surface area (Å²) in [5.74, 6) is 1.17. The van der Waals surface area contributed by atoms with Gasteiger partial charge in [0, 0.05) is 0 Å². The first-order chi connectivity index (χ1) is 13.6. The third-order valence-corrected chi connectivity index (χ3v) is 7.12. The fraction of sp³-hybridized carbons (Fsp3) is 0.750. The Balaban J connectivity index is 1.40. The van der Waals surface area contributed by atoms with Gasteiger partial charge in [-0.2, -0.15) is 8.78 Å². The second-order valence-corrected chi connectivity index (χ2v) is 8.91. The molecule has 0 spiro atoms. The third kappa shape index (κ3) is 5.39. The quantitative estimate of drug-likeness (QED) is 0.466. The zero-order valence-electron chi connectivity index (χ0n) is 17.5.